The van der Waals surface area contributed by atoms with Crippen LogP contribution in [0.2, 0.25) is 0 Å². The van der Waals surface area contributed by atoms with Crippen LogP contribution in [0.4, 0.5) is 10.1 Å². The summed E-state index contributed by atoms with van der Waals surface area (Å²) < 4.78 is 25.2. The van der Waals surface area contributed by atoms with E-state index in [0.29, 0.717) is 23.7 Å². The predicted molar refractivity (Wildman–Crippen MR) is 115 cm³/mol. The molecular formula is C22H17FN2O4S. The number of hydrogen-bond donors (Lipinski definition) is 1. The number of halogens is 1. The molecule has 0 aliphatic carbocycles. The first kappa shape index (κ1) is 21.0. The zero-order valence-electron chi connectivity index (χ0n) is 16.0. The zero-order valence-corrected chi connectivity index (χ0v) is 16.8. The molecule has 2 aromatic carbocycles. The number of ether oxygens (including phenoxy) is 2. The molecule has 1 fully saturated rings. The van der Waals surface area contributed by atoms with Crippen molar-refractivity contribution < 1.29 is 23.5 Å². The third kappa shape index (κ3) is 4.31. The van der Waals surface area contributed by atoms with Gasteiger partial charge in [-0.15, -0.1) is 6.42 Å². The molecule has 1 aliphatic rings. The molecule has 0 atom stereocenters. The zero-order chi connectivity index (χ0) is 21.7. The van der Waals surface area contributed by atoms with Gasteiger partial charge in [0, 0.05) is 0 Å². The van der Waals surface area contributed by atoms with E-state index in [4.69, 9.17) is 28.1 Å². The molecule has 152 valence electrons. The van der Waals surface area contributed by atoms with Crippen LogP contribution in [0.15, 0.2) is 48.0 Å². The van der Waals surface area contributed by atoms with Gasteiger partial charge in [0.05, 0.1) is 12.3 Å². The Morgan fingerprint density at radius 1 is 1.20 bits per heavy atom. The molecule has 8 heteroatoms. The van der Waals surface area contributed by atoms with Gasteiger partial charge in [-0.2, -0.15) is 0 Å². The first-order valence-corrected chi connectivity index (χ1v) is 9.36. The SMILES string of the molecule is C#CCOc1ccc(/C=C2/C(=O)NC(=S)N(c3ccccc3F)C2=O)cc1OCC. The van der Waals surface area contributed by atoms with Crippen molar-refractivity contribution in [3.05, 3.63) is 59.4 Å². The Kier molecular flexibility index (Phi) is 6.45. The highest BCUT2D eigenvalue weighted by atomic mass is 32.1. The van der Waals surface area contributed by atoms with Crippen LogP contribution in [0.5, 0.6) is 11.5 Å². The predicted octanol–water partition coefficient (Wildman–Crippen LogP) is 3.07. The highest BCUT2D eigenvalue weighted by molar-refractivity contribution is 7.80. The summed E-state index contributed by atoms with van der Waals surface area (Å²) in [5.41, 5.74) is 0.254. The summed E-state index contributed by atoms with van der Waals surface area (Å²) in [4.78, 5) is 26.4. The number of carbonyl (C=O) groups is 2. The summed E-state index contributed by atoms with van der Waals surface area (Å²) in [6.07, 6.45) is 6.59. The van der Waals surface area contributed by atoms with Crippen molar-refractivity contribution in [1.29, 1.82) is 0 Å². The van der Waals surface area contributed by atoms with Crippen LogP contribution in [-0.2, 0) is 9.59 Å². The van der Waals surface area contributed by atoms with E-state index in [1.807, 2.05) is 0 Å². The summed E-state index contributed by atoms with van der Waals surface area (Å²) in [5.74, 6) is 1.16. The summed E-state index contributed by atoms with van der Waals surface area (Å²) in [6.45, 7) is 2.25. The summed E-state index contributed by atoms with van der Waals surface area (Å²) in [7, 11) is 0. The van der Waals surface area contributed by atoms with E-state index in [1.54, 1.807) is 31.2 Å². The normalized spacial score (nSPS) is 15.0. The van der Waals surface area contributed by atoms with Gasteiger partial charge in [-0.05, 0) is 55.0 Å². The Morgan fingerprint density at radius 2 is 1.97 bits per heavy atom. The number of nitrogens with one attached hydrogen (secondary N) is 1. The average Bonchev–Trinajstić information content (AvgIpc) is 2.72. The van der Waals surface area contributed by atoms with Crippen LogP contribution >= 0.6 is 12.2 Å². The molecule has 3 rings (SSSR count). The van der Waals surface area contributed by atoms with Gasteiger partial charge in [0.15, 0.2) is 16.6 Å². The lowest BCUT2D eigenvalue weighted by atomic mass is 10.1. The van der Waals surface area contributed by atoms with Crippen LogP contribution < -0.4 is 19.7 Å². The maximum Gasteiger partial charge on any atom is 0.270 e. The lowest BCUT2D eigenvalue weighted by Crippen LogP contribution is -2.54. The molecule has 0 unspecified atom stereocenters. The molecule has 0 spiro atoms. The van der Waals surface area contributed by atoms with Gasteiger partial charge in [0.2, 0.25) is 0 Å². The molecule has 1 saturated heterocycles. The van der Waals surface area contributed by atoms with Gasteiger partial charge in [-0.25, -0.2) is 9.29 Å². The number of terminal acetylenes is 1. The maximum absolute atomic E-state index is 14.2. The fraction of sp³-hybridized carbons (Fsp3) is 0.136. The number of para-hydroxylation sites is 1. The van der Waals surface area contributed by atoms with E-state index in [2.05, 4.69) is 11.2 Å². The number of thiocarbonyl (C=S) groups is 1. The third-order valence-electron chi connectivity index (χ3n) is 4.08. The van der Waals surface area contributed by atoms with Gasteiger partial charge in [0.1, 0.15) is 18.0 Å². The first-order valence-electron chi connectivity index (χ1n) is 8.95. The summed E-state index contributed by atoms with van der Waals surface area (Å²) in [6, 6.07) is 10.5. The molecule has 1 N–H and O–H groups in total. The number of carbonyl (C=O) groups excluding carboxylic acids is 2. The van der Waals surface area contributed by atoms with Gasteiger partial charge in [0.25, 0.3) is 11.8 Å². The van der Waals surface area contributed by atoms with Crippen molar-refractivity contribution in [3.63, 3.8) is 0 Å². The van der Waals surface area contributed by atoms with E-state index in [9.17, 15) is 14.0 Å². The number of benzene rings is 2. The summed E-state index contributed by atoms with van der Waals surface area (Å²) in [5, 5.41) is 2.23. The van der Waals surface area contributed by atoms with Crippen LogP contribution in [0, 0.1) is 18.2 Å². The molecule has 30 heavy (non-hydrogen) atoms. The van der Waals surface area contributed by atoms with Crippen molar-refractivity contribution >= 4 is 40.9 Å². The van der Waals surface area contributed by atoms with Gasteiger partial charge >= 0.3 is 0 Å². The monoisotopic (exact) mass is 424 g/mol. The number of rotatable bonds is 6. The van der Waals surface area contributed by atoms with Crippen LogP contribution in [0.3, 0.4) is 0 Å². The Hall–Kier alpha value is -3.70. The van der Waals surface area contributed by atoms with Crippen LogP contribution in [-0.4, -0.2) is 30.1 Å². The molecule has 0 bridgehead atoms. The van der Waals surface area contributed by atoms with Crippen LogP contribution in [0.25, 0.3) is 6.08 Å². The van der Waals surface area contributed by atoms with Crippen molar-refractivity contribution in [2.75, 3.05) is 18.1 Å². The van der Waals surface area contributed by atoms with Crippen LogP contribution in [0.1, 0.15) is 12.5 Å². The van der Waals surface area contributed by atoms with Gasteiger partial charge < -0.3 is 9.47 Å². The lowest BCUT2D eigenvalue weighted by Gasteiger charge is -2.29. The largest absolute Gasteiger partial charge is 0.490 e. The minimum absolute atomic E-state index is 0.0496. The first-order chi connectivity index (χ1) is 14.5. The third-order valence-corrected chi connectivity index (χ3v) is 4.37. The second kappa shape index (κ2) is 9.20. The highest BCUT2D eigenvalue weighted by Crippen LogP contribution is 2.30. The Bertz CT molecular complexity index is 1090. The quantitative estimate of drug-likeness (QED) is 0.334. The second-order valence-corrected chi connectivity index (χ2v) is 6.43. The molecule has 2 aromatic rings. The molecule has 1 aliphatic heterocycles. The van der Waals surface area contributed by atoms with Crippen molar-refractivity contribution in [2.24, 2.45) is 0 Å². The standard InChI is InChI=1S/C22H17FN2O4S/c1-3-11-29-18-10-9-14(13-19(18)28-4-2)12-15-20(26)24-22(30)25(21(15)27)17-8-6-5-7-16(17)23/h1,5-10,12-13H,4,11H2,2H3,(H,24,26,30)/b15-12-. The minimum Gasteiger partial charge on any atom is -0.490 e. The highest BCUT2D eigenvalue weighted by Gasteiger charge is 2.35. The molecular weight excluding hydrogens is 407 g/mol. The van der Waals surface area contributed by atoms with E-state index >= 15 is 0 Å². The fourth-order valence-corrected chi connectivity index (χ4v) is 3.07. The Balaban J connectivity index is 1.99. The Labute approximate surface area is 178 Å². The fourth-order valence-electron chi connectivity index (χ4n) is 2.80. The van der Waals surface area contributed by atoms with E-state index < -0.39 is 17.6 Å². The number of anilines is 1. The topological polar surface area (TPSA) is 67.9 Å². The van der Waals surface area contributed by atoms with Crippen molar-refractivity contribution in [1.82, 2.24) is 5.32 Å². The van der Waals surface area contributed by atoms with E-state index in [0.717, 1.165) is 4.90 Å². The van der Waals surface area contributed by atoms with E-state index in [-0.39, 0.29) is 23.0 Å². The Morgan fingerprint density at radius 3 is 2.67 bits per heavy atom. The molecule has 0 saturated carbocycles. The number of amides is 2. The summed E-state index contributed by atoms with van der Waals surface area (Å²) >= 11 is 5.08. The van der Waals surface area contributed by atoms with Crippen molar-refractivity contribution in [2.45, 2.75) is 6.92 Å². The lowest BCUT2D eigenvalue weighted by molar-refractivity contribution is -0.122. The molecule has 2 amide bonds. The molecule has 6 nitrogen and oxygen atoms in total. The number of hydrogen-bond acceptors (Lipinski definition) is 5. The molecule has 1 heterocycles. The van der Waals surface area contributed by atoms with Crippen molar-refractivity contribution in [3.8, 4) is 23.8 Å². The second-order valence-electron chi connectivity index (χ2n) is 6.04. The smallest absolute Gasteiger partial charge is 0.270 e. The maximum atomic E-state index is 14.2. The van der Waals surface area contributed by atoms with Gasteiger partial charge in [-0.3, -0.25) is 14.9 Å². The number of nitrogens with zero attached hydrogens (tertiary/aromatic N) is 1. The van der Waals surface area contributed by atoms with Gasteiger partial charge in [-0.1, -0.05) is 24.1 Å². The minimum atomic E-state index is -0.737. The molecule has 0 aromatic heterocycles. The van der Waals surface area contributed by atoms with E-state index in [1.165, 1.54) is 24.3 Å². The average molecular weight is 424 g/mol. The molecule has 0 radical (unpaired) electrons.